The predicted octanol–water partition coefficient (Wildman–Crippen LogP) is 3.08. The maximum absolute atomic E-state index is 12.3. The van der Waals surface area contributed by atoms with Gasteiger partial charge in [-0.2, -0.15) is 13.2 Å². The van der Waals surface area contributed by atoms with Gasteiger partial charge in [-0.3, -0.25) is 0 Å². The minimum atomic E-state index is -4.36. The lowest BCUT2D eigenvalue weighted by atomic mass is 10.2. The number of hydrogen-bond donors (Lipinski definition) is 1. The molecule has 0 saturated heterocycles. The highest BCUT2D eigenvalue weighted by Gasteiger charge is 2.31. The fourth-order valence-electron chi connectivity index (χ4n) is 1.05. The second-order valence-corrected chi connectivity index (χ2v) is 3.10. The third kappa shape index (κ3) is 3.04. The molecule has 0 aliphatic heterocycles. The fraction of sp³-hybridized carbons (Fsp3) is 0.400. The summed E-state index contributed by atoms with van der Waals surface area (Å²) in [4.78, 5) is 0. The third-order valence-corrected chi connectivity index (χ3v) is 1.80. The van der Waals surface area contributed by atoms with E-state index in [9.17, 15) is 13.2 Å². The quantitative estimate of drug-likeness (QED) is 0.793. The summed E-state index contributed by atoms with van der Waals surface area (Å²) >= 11 is 0. The van der Waals surface area contributed by atoms with E-state index < -0.39 is 11.7 Å². The molecule has 0 amide bonds. The highest BCUT2D eigenvalue weighted by molar-refractivity contribution is 5.54. The van der Waals surface area contributed by atoms with Gasteiger partial charge in [0.2, 0.25) is 0 Å². The molecule has 1 aromatic carbocycles. The molecule has 0 aromatic heterocycles. The molecule has 0 radical (unpaired) electrons. The van der Waals surface area contributed by atoms with E-state index in [1.165, 1.54) is 6.07 Å². The smallest absolute Gasteiger partial charge is 0.416 e. The Morgan fingerprint density at radius 3 is 2.53 bits per heavy atom. The van der Waals surface area contributed by atoms with Crippen molar-refractivity contribution in [3.63, 3.8) is 0 Å². The minimum Gasteiger partial charge on any atom is -0.491 e. The van der Waals surface area contributed by atoms with Gasteiger partial charge in [-0.05, 0) is 24.6 Å². The second kappa shape index (κ2) is 4.42. The molecule has 0 spiro atoms. The van der Waals surface area contributed by atoms with E-state index in [0.29, 0.717) is 6.61 Å². The first-order valence-corrected chi connectivity index (χ1v) is 4.54. The standard InChI is InChI=1S/C10H12F3NO/c1-2-5-15-9-6-7(10(11,12)13)3-4-8(9)14/h3-4,6H,2,5,14H2,1H3. The molecule has 0 atom stereocenters. The maximum Gasteiger partial charge on any atom is 0.416 e. The molecule has 2 nitrogen and oxygen atoms in total. The van der Waals surface area contributed by atoms with Crippen LogP contribution in [0.3, 0.4) is 0 Å². The van der Waals surface area contributed by atoms with Crippen LogP contribution in [0.5, 0.6) is 5.75 Å². The van der Waals surface area contributed by atoms with Gasteiger partial charge < -0.3 is 10.5 Å². The lowest BCUT2D eigenvalue weighted by molar-refractivity contribution is -0.137. The van der Waals surface area contributed by atoms with Crippen LogP contribution in [0.15, 0.2) is 18.2 Å². The normalized spacial score (nSPS) is 11.5. The number of hydrogen-bond acceptors (Lipinski definition) is 2. The molecule has 84 valence electrons. The Kier molecular flexibility index (Phi) is 3.44. The average Bonchev–Trinajstić information content (AvgIpc) is 2.15. The number of benzene rings is 1. The van der Waals surface area contributed by atoms with Crippen LogP contribution in [-0.4, -0.2) is 6.61 Å². The summed E-state index contributed by atoms with van der Waals surface area (Å²) < 4.78 is 42.1. The lowest BCUT2D eigenvalue weighted by Gasteiger charge is -2.11. The van der Waals surface area contributed by atoms with Gasteiger partial charge in [-0.25, -0.2) is 0 Å². The van der Waals surface area contributed by atoms with Crippen LogP contribution in [0.2, 0.25) is 0 Å². The molecule has 5 heteroatoms. The van der Waals surface area contributed by atoms with Crippen molar-refractivity contribution in [2.24, 2.45) is 0 Å². The zero-order valence-corrected chi connectivity index (χ0v) is 8.27. The number of alkyl halides is 3. The largest absolute Gasteiger partial charge is 0.491 e. The van der Waals surface area contributed by atoms with Gasteiger partial charge in [0.1, 0.15) is 5.75 Å². The topological polar surface area (TPSA) is 35.2 Å². The summed E-state index contributed by atoms with van der Waals surface area (Å²) in [7, 11) is 0. The average molecular weight is 219 g/mol. The van der Waals surface area contributed by atoms with Crippen LogP contribution in [0.4, 0.5) is 18.9 Å². The molecule has 2 N–H and O–H groups in total. The summed E-state index contributed by atoms with van der Waals surface area (Å²) in [5.74, 6) is 0.0895. The Morgan fingerprint density at radius 1 is 1.33 bits per heavy atom. The summed E-state index contributed by atoms with van der Waals surface area (Å²) in [5.41, 5.74) is 4.95. The van der Waals surface area contributed by atoms with Gasteiger partial charge in [0.05, 0.1) is 17.9 Å². The first-order valence-electron chi connectivity index (χ1n) is 4.54. The Morgan fingerprint density at radius 2 is 2.00 bits per heavy atom. The van der Waals surface area contributed by atoms with E-state index in [0.717, 1.165) is 18.6 Å². The number of nitrogens with two attached hydrogens (primary N) is 1. The molecule has 15 heavy (non-hydrogen) atoms. The summed E-state index contributed by atoms with van der Waals surface area (Å²) in [6, 6.07) is 3.06. The van der Waals surface area contributed by atoms with Crippen molar-refractivity contribution in [3.8, 4) is 5.75 Å². The number of halogens is 3. The van der Waals surface area contributed by atoms with Crippen LogP contribution in [0.25, 0.3) is 0 Å². The number of nitrogen functional groups attached to an aromatic ring is 1. The molecule has 1 rings (SSSR count). The molecular weight excluding hydrogens is 207 g/mol. The first kappa shape index (κ1) is 11.7. The van der Waals surface area contributed by atoms with Crippen molar-refractivity contribution in [2.45, 2.75) is 19.5 Å². The lowest BCUT2D eigenvalue weighted by Crippen LogP contribution is -2.07. The van der Waals surface area contributed by atoms with Crippen molar-refractivity contribution in [1.82, 2.24) is 0 Å². The van der Waals surface area contributed by atoms with E-state index in [1.54, 1.807) is 0 Å². The number of ether oxygens (including phenoxy) is 1. The van der Waals surface area contributed by atoms with Gasteiger partial charge in [-0.15, -0.1) is 0 Å². The van der Waals surface area contributed by atoms with Gasteiger partial charge in [-0.1, -0.05) is 6.92 Å². The molecule has 0 aliphatic rings. The van der Waals surface area contributed by atoms with Crippen molar-refractivity contribution in [1.29, 1.82) is 0 Å². The molecule has 0 fully saturated rings. The van der Waals surface area contributed by atoms with Crippen molar-refractivity contribution >= 4 is 5.69 Å². The second-order valence-electron chi connectivity index (χ2n) is 3.10. The van der Waals surface area contributed by atoms with Crippen LogP contribution >= 0.6 is 0 Å². The molecule has 0 heterocycles. The summed E-state index contributed by atoms with van der Waals surface area (Å²) in [6.45, 7) is 2.22. The third-order valence-electron chi connectivity index (χ3n) is 1.80. The maximum atomic E-state index is 12.3. The van der Waals surface area contributed by atoms with Gasteiger partial charge in [0, 0.05) is 0 Å². The summed E-state index contributed by atoms with van der Waals surface area (Å²) in [6.07, 6.45) is -3.65. The van der Waals surface area contributed by atoms with E-state index in [-0.39, 0.29) is 11.4 Å². The molecular formula is C10H12F3NO. The van der Waals surface area contributed by atoms with Gasteiger partial charge in [0.15, 0.2) is 0 Å². The zero-order chi connectivity index (χ0) is 11.5. The zero-order valence-electron chi connectivity index (χ0n) is 8.27. The molecule has 1 aromatic rings. The number of rotatable bonds is 3. The van der Waals surface area contributed by atoms with Crippen LogP contribution < -0.4 is 10.5 Å². The number of anilines is 1. The molecule has 0 saturated carbocycles. The Hall–Kier alpha value is -1.39. The Bertz CT molecular complexity index is 336. The summed E-state index contributed by atoms with van der Waals surface area (Å²) in [5, 5.41) is 0. The molecule has 0 aliphatic carbocycles. The molecule has 0 unspecified atom stereocenters. The van der Waals surface area contributed by atoms with E-state index in [1.807, 2.05) is 6.92 Å². The van der Waals surface area contributed by atoms with E-state index in [2.05, 4.69) is 0 Å². The Labute approximate surface area is 85.8 Å². The predicted molar refractivity (Wildman–Crippen MR) is 51.6 cm³/mol. The van der Waals surface area contributed by atoms with Crippen molar-refractivity contribution in [3.05, 3.63) is 23.8 Å². The fourth-order valence-corrected chi connectivity index (χ4v) is 1.05. The highest BCUT2D eigenvalue weighted by atomic mass is 19.4. The van der Waals surface area contributed by atoms with Gasteiger partial charge in [0.25, 0.3) is 0 Å². The van der Waals surface area contributed by atoms with Crippen LogP contribution in [0.1, 0.15) is 18.9 Å². The van der Waals surface area contributed by atoms with Gasteiger partial charge >= 0.3 is 6.18 Å². The van der Waals surface area contributed by atoms with E-state index >= 15 is 0 Å². The van der Waals surface area contributed by atoms with Crippen LogP contribution in [-0.2, 0) is 6.18 Å². The van der Waals surface area contributed by atoms with Crippen LogP contribution in [0, 0.1) is 0 Å². The van der Waals surface area contributed by atoms with Crippen molar-refractivity contribution < 1.29 is 17.9 Å². The van der Waals surface area contributed by atoms with E-state index in [4.69, 9.17) is 10.5 Å². The highest BCUT2D eigenvalue weighted by Crippen LogP contribution is 2.33. The Balaban J connectivity index is 2.95. The monoisotopic (exact) mass is 219 g/mol. The van der Waals surface area contributed by atoms with Crippen molar-refractivity contribution in [2.75, 3.05) is 12.3 Å². The molecule has 0 bridgehead atoms. The SMILES string of the molecule is CCCOc1cc(C(F)(F)F)ccc1N. The first-order chi connectivity index (χ1) is 6.95. The minimum absolute atomic E-state index is 0.0895.